The number of benzene rings is 1. The number of rotatable bonds is 6. The minimum absolute atomic E-state index is 0.184. The van der Waals surface area contributed by atoms with Crippen LogP contribution < -0.4 is 4.72 Å². The van der Waals surface area contributed by atoms with Gasteiger partial charge in [0, 0.05) is 43.1 Å². The SMILES string of the molecule is O=S(=O)(N[C@@H]1CC(Cn2cccn2)C[C@H]1O)c1ccc(-n2cccc2)cc1. The largest absolute Gasteiger partial charge is 0.391 e. The van der Waals surface area contributed by atoms with E-state index in [4.69, 9.17) is 0 Å². The molecule has 1 saturated carbocycles. The molecule has 4 rings (SSSR count). The normalized spacial score (nSPS) is 22.9. The van der Waals surface area contributed by atoms with E-state index in [1.165, 1.54) is 0 Å². The first-order valence-corrected chi connectivity index (χ1v) is 10.4. The molecule has 7 nitrogen and oxygen atoms in total. The van der Waals surface area contributed by atoms with Crippen LogP contribution in [0.25, 0.3) is 5.69 Å². The first-order valence-electron chi connectivity index (χ1n) is 8.92. The van der Waals surface area contributed by atoms with Gasteiger partial charge in [-0.2, -0.15) is 5.10 Å². The number of nitrogens with zero attached hydrogens (tertiary/aromatic N) is 3. The van der Waals surface area contributed by atoms with E-state index >= 15 is 0 Å². The van der Waals surface area contributed by atoms with Crippen LogP contribution in [0.3, 0.4) is 0 Å². The number of hydrogen-bond donors (Lipinski definition) is 2. The molecule has 3 atom stereocenters. The summed E-state index contributed by atoms with van der Waals surface area (Å²) in [5, 5.41) is 14.5. The maximum Gasteiger partial charge on any atom is 0.240 e. The van der Waals surface area contributed by atoms with Crippen LogP contribution in [-0.2, 0) is 16.6 Å². The Labute approximate surface area is 158 Å². The molecule has 27 heavy (non-hydrogen) atoms. The molecule has 142 valence electrons. The summed E-state index contributed by atoms with van der Waals surface area (Å²) in [5.74, 6) is 0.184. The molecule has 1 aliphatic carbocycles. The van der Waals surface area contributed by atoms with Gasteiger partial charge in [0.2, 0.25) is 10.0 Å². The zero-order valence-electron chi connectivity index (χ0n) is 14.7. The molecule has 1 aromatic carbocycles. The fourth-order valence-electron chi connectivity index (χ4n) is 3.64. The van der Waals surface area contributed by atoms with Crippen LogP contribution >= 0.6 is 0 Å². The van der Waals surface area contributed by atoms with E-state index in [-0.39, 0.29) is 10.8 Å². The van der Waals surface area contributed by atoms with E-state index in [2.05, 4.69) is 9.82 Å². The van der Waals surface area contributed by atoms with Gasteiger partial charge in [-0.05, 0) is 61.2 Å². The average Bonchev–Trinajstić information content (AvgIpc) is 3.39. The molecule has 2 aromatic heterocycles. The average molecular weight is 386 g/mol. The summed E-state index contributed by atoms with van der Waals surface area (Å²) in [6.07, 6.45) is 7.83. The van der Waals surface area contributed by atoms with Crippen LogP contribution in [0.1, 0.15) is 12.8 Å². The third-order valence-corrected chi connectivity index (χ3v) is 6.49. The standard InChI is InChI=1S/C19H22N4O3S/c24-19-13-15(14-23-11-3-8-20-23)12-18(19)21-27(25,26)17-6-4-16(5-7-17)22-9-1-2-10-22/h1-11,15,18-19,21,24H,12-14H2/t15?,18-,19-/m1/s1. The molecule has 1 aliphatic rings. The molecule has 0 radical (unpaired) electrons. The van der Waals surface area contributed by atoms with Crippen LogP contribution in [0.4, 0.5) is 0 Å². The zero-order valence-corrected chi connectivity index (χ0v) is 15.5. The number of aromatic nitrogens is 3. The number of nitrogens with one attached hydrogen (secondary N) is 1. The Bertz CT molecular complexity index is 967. The summed E-state index contributed by atoms with van der Waals surface area (Å²) in [7, 11) is -3.69. The van der Waals surface area contributed by atoms with E-state index < -0.39 is 22.2 Å². The highest BCUT2D eigenvalue weighted by molar-refractivity contribution is 7.89. The van der Waals surface area contributed by atoms with E-state index in [1.54, 1.807) is 30.5 Å². The Morgan fingerprint density at radius 1 is 1.07 bits per heavy atom. The zero-order chi connectivity index (χ0) is 18.9. The minimum Gasteiger partial charge on any atom is -0.391 e. The molecule has 8 heteroatoms. The maximum absolute atomic E-state index is 12.7. The third kappa shape index (κ3) is 3.97. The quantitative estimate of drug-likeness (QED) is 0.676. The van der Waals surface area contributed by atoms with Crippen molar-refractivity contribution in [2.24, 2.45) is 5.92 Å². The fraction of sp³-hybridized carbons (Fsp3) is 0.316. The van der Waals surface area contributed by atoms with Crippen LogP contribution in [0, 0.1) is 5.92 Å². The summed E-state index contributed by atoms with van der Waals surface area (Å²) in [6, 6.07) is 11.9. The molecule has 3 aromatic rings. The summed E-state index contributed by atoms with van der Waals surface area (Å²) in [4.78, 5) is 0.195. The smallest absolute Gasteiger partial charge is 0.240 e. The first kappa shape index (κ1) is 18.0. The Balaban J connectivity index is 1.43. The van der Waals surface area contributed by atoms with Gasteiger partial charge in [0.25, 0.3) is 0 Å². The van der Waals surface area contributed by atoms with Gasteiger partial charge in [0.05, 0.1) is 11.0 Å². The van der Waals surface area contributed by atoms with Crippen molar-refractivity contribution in [1.82, 2.24) is 19.1 Å². The molecular formula is C19H22N4O3S. The minimum atomic E-state index is -3.69. The number of sulfonamides is 1. The highest BCUT2D eigenvalue weighted by Gasteiger charge is 2.36. The molecule has 0 saturated heterocycles. The monoisotopic (exact) mass is 386 g/mol. The van der Waals surface area contributed by atoms with E-state index in [9.17, 15) is 13.5 Å². The summed E-state index contributed by atoms with van der Waals surface area (Å²) in [6.45, 7) is 0.674. The molecule has 1 unspecified atom stereocenters. The molecule has 0 aliphatic heterocycles. The second-order valence-corrected chi connectivity index (χ2v) is 8.66. The van der Waals surface area contributed by atoms with Gasteiger partial charge in [-0.1, -0.05) is 0 Å². The molecular weight excluding hydrogens is 364 g/mol. The highest BCUT2D eigenvalue weighted by atomic mass is 32.2. The molecule has 0 amide bonds. The van der Waals surface area contributed by atoms with Gasteiger partial charge < -0.3 is 9.67 Å². The highest BCUT2D eigenvalue weighted by Crippen LogP contribution is 2.28. The van der Waals surface area contributed by atoms with Crippen LogP contribution in [0.5, 0.6) is 0 Å². The van der Waals surface area contributed by atoms with Crippen molar-refractivity contribution in [1.29, 1.82) is 0 Å². The van der Waals surface area contributed by atoms with Crippen molar-refractivity contribution in [3.05, 3.63) is 67.3 Å². The first-order chi connectivity index (χ1) is 13.0. The van der Waals surface area contributed by atoms with Crippen molar-refractivity contribution < 1.29 is 13.5 Å². The molecule has 2 N–H and O–H groups in total. The maximum atomic E-state index is 12.7. The van der Waals surface area contributed by atoms with Crippen molar-refractivity contribution >= 4 is 10.0 Å². The topological polar surface area (TPSA) is 89.2 Å². The summed E-state index contributed by atoms with van der Waals surface area (Å²) in [5.41, 5.74) is 0.888. The third-order valence-electron chi connectivity index (χ3n) is 4.99. The Morgan fingerprint density at radius 2 is 1.81 bits per heavy atom. The van der Waals surface area contributed by atoms with Crippen molar-refractivity contribution in [2.75, 3.05) is 0 Å². The van der Waals surface area contributed by atoms with Gasteiger partial charge in [0.1, 0.15) is 0 Å². The van der Waals surface area contributed by atoms with Crippen molar-refractivity contribution in [2.45, 2.75) is 36.4 Å². The van der Waals surface area contributed by atoms with Crippen LogP contribution in [0.15, 0.2) is 72.1 Å². The van der Waals surface area contributed by atoms with E-state index in [0.29, 0.717) is 19.4 Å². The lowest BCUT2D eigenvalue weighted by molar-refractivity contribution is 0.154. The van der Waals surface area contributed by atoms with Gasteiger partial charge >= 0.3 is 0 Å². The summed E-state index contributed by atoms with van der Waals surface area (Å²) < 4.78 is 31.8. The van der Waals surface area contributed by atoms with Gasteiger partial charge in [-0.3, -0.25) is 4.68 Å². The Kier molecular flexibility index (Phi) is 4.86. The number of aliphatic hydroxyl groups is 1. The van der Waals surface area contributed by atoms with Crippen LogP contribution in [0.2, 0.25) is 0 Å². The van der Waals surface area contributed by atoms with Crippen molar-refractivity contribution in [3.8, 4) is 5.69 Å². The molecule has 2 heterocycles. The lowest BCUT2D eigenvalue weighted by atomic mass is 10.1. The number of aliphatic hydroxyl groups excluding tert-OH is 1. The Hall–Kier alpha value is -2.42. The van der Waals surface area contributed by atoms with E-state index in [1.807, 2.05) is 46.0 Å². The lowest BCUT2D eigenvalue weighted by Gasteiger charge is -2.17. The summed E-state index contributed by atoms with van der Waals surface area (Å²) >= 11 is 0. The molecule has 0 bridgehead atoms. The van der Waals surface area contributed by atoms with Gasteiger partial charge in [-0.15, -0.1) is 0 Å². The molecule has 1 fully saturated rings. The molecule has 0 spiro atoms. The van der Waals surface area contributed by atoms with Gasteiger partial charge in [0.15, 0.2) is 0 Å². The van der Waals surface area contributed by atoms with E-state index in [0.717, 1.165) is 5.69 Å². The van der Waals surface area contributed by atoms with Crippen LogP contribution in [-0.4, -0.2) is 40.0 Å². The Morgan fingerprint density at radius 3 is 2.48 bits per heavy atom. The fourth-order valence-corrected chi connectivity index (χ4v) is 4.92. The predicted molar refractivity (Wildman–Crippen MR) is 101 cm³/mol. The number of hydrogen-bond acceptors (Lipinski definition) is 4. The predicted octanol–water partition coefficient (Wildman–Crippen LogP) is 1.79. The second kappa shape index (κ2) is 7.30. The van der Waals surface area contributed by atoms with Gasteiger partial charge in [-0.25, -0.2) is 13.1 Å². The lowest BCUT2D eigenvalue weighted by Crippen LogP contribution is -2.39. The van der Waals surface area contributed by atoms with Crippen molar-refractivity contribution in [3.63, 3.8) is 0 Å². The second-order valence-electron chi connectivity index (χ2n) is 6.94.